The third-order valence-electron chi connectivity index (χ3n) is 3.21. The molecule has 1 N–H and O–H groups in total. The number of hydrogen-bond acceptors (Lipinski definition) is 4. The number of nitrogens with one attached hydrogen (secondary N) is 1. The van der Waals surface area contributed by atoms with Crippen molar-refractivity contribution >= 4 is 50.3 Å². The standard InChI is InChI=1S/C15H12BrN3OS/c1-2-9-7-11(16)4-6-12(9)17-15(20)10-3-5-13-14(8-10)19-21-18-13/h3-8H,2H2,1H3,(H,17,20). The Morgan fingerprint density at radius 2 is 2.00 bits per heavy atom. The molecule has 21 heavy (non-hydrogen) atoms. The van der Waals surface area contributed by atoms with Crippen LogP contribution in [0.15, 0.2) is 40.9 Å². The highest BCUT2D eigenvalue weighted by Gasteiger charge is 2.10. The Hall–Kier alpha value is -1.79. The van der Waals surface area contributed by atoms with Gasteiger partial charge in [0.1, 0.15) is 11.0 Å². The van der Waals surface area contributed by atoms with Gasteiger partial charge < -0.3 is 5.32 Å². The summed E-state index contributed by atoms with van der Waals surface area (Å²) in [7, 11) is 0. The highest BCUT2D eigenvalue weighted by Crippen LogP contribution is 2.22. The van der Waals surface area contributed by atoms with Gasteiger partial charge in [0.05, 0.1) is 11.7 Å². The molecule has 0 fully saturated rings. The van der Waals surface area contributed by atoms with Gasteiger partial charge in [0, 0.05) is 15.7 Å². The van der Waals surface area contributed by atoms with Crippen molar-refractivity contribution in [2.24, 2.45) is 0 Å². The van der Waals surface area contributed by atoms with Crippen LogP contribution in [0, 0.1) is 0 Å². The third kappa shape index (κ3) is 2.96. The molecule has 0 saturated heterocycles. The van der Waals surface area contributed by atoms with Crippen molar-refractivity contribution in [3.8, 4) is 0 Å². The summed E-state index contributed by atoms with van der Waals surface area (Å²) in [5.41, 5.74) is 4.07. The van der Waals surface area contributed by atoms with Crippen LogP contribution in [0.2, 0.25) is 0 Å². The normalized spacial score (nSPS) is 10.8. The largest absolute Gasteiger partial charge is 0.322 e. The maximum atomic E-state index is 12.4. The number of hydrogen-bond donors (Lipinski definition) is 1. The fourth-order valence-corrected chi connectivity index (χ4v) is 3.02. The Morgan fingerprint density at radius 3 is 2.81 bits per heavy atom. The van der Waals surface area contributed by atoms with Crippen LogP contribution in [0.3, 0.4) is 0 Å². The SMILES string of the molecule is CCc1cc(Br)ccc1NC(=O)c1ccc2nsnc2c1. The minimum absolute atomic E-state index is 0.137. The van der Waals surface area contributed by atoms with E-state index in [-0.39, 0.29) is 5.91 Å². The summed E-state index contributed by atoms with van der Waals surface area (Å²) >= 11 is 4.59. The molecule has 0 aliphatic heterocycles. The van der Waals surface area contributed by atoms with Gasteiger partial charge in [0.15, 0.2) is 0 Å². The van der Waals surface area contributed by atoms with E-state index < -0.39 is 0 Å². The van der Waals surface area contributed by atoms with Gasteiger partial charge in [-0.05, 0) is 48.4 Å². The lowest BCUT2D eigenvalue weighted by atomic mass is 10.1. The van der Waals surface area contributed by atoms with Crippen LogP contribution in [-0.2, 0) is 6.42 Å². The van der Waals surface area contributed by atoms with E-state index >= 15 is 0 Å². The molecular formula is C15H12BrN3OS. The first-order valence-electron chi connectivity index (χ1n) is 6.49. The Balaban J connectivity index is 1.88. The monoisotopic (exact) mass is 361 g/mol. The van der Waals surface area contributed by atoms with Gasteiger partial charge in [-0.1, -0.05) is 22.9 Å². The summed E-state index contributed by atoms with van der Waals surface area (Å²) in [6.45, 7) is 2.06. The number of aromatic nitrogens is 2. The van der Waals surface area contributed by atoms with Crippen molar-refractivity contribution in [3.63, 3.8) is 0 Å². The summed E-state index contributed by atoms with van der Waals surface area (Å²) in [6.07, 6.45) is 0.851. The zero-order chi connectivity index (χ0) is 14.8. The van der Waals surface area contributed by atoms with Crippen LogP contribution >= 0.6 is 27.7 Å². The van der Waals surface area contributed by atoms with Crippen LogP contribution in [0.25, 0.3) is 11.0 Å². The second kappa shape index (κ2) is 5.91. The number of rotatable bonds is 3. The molecule has 0 unspecified atom stereocenters. The fourth-order valence-electron chi connectivity index (χ4n) is 2.09. The van der Waals surface area contributed by atoms with Crippen molar-refractivity contribution in [1.29, 1.82) is 0 Å². The van der Waals surface area contributed by atoms with E-state index in [1.807, 2.05) is 24.3 Å². The molecule has 0 bridgehead atoms. The maximum absolute atomic E-state index is 12.4. The molecule has 0 aliphatic carbocycles. The highest BCUT2D eigenvalue weighted by atomic mass is 79.9. The third-order valence-corrected chi connectivity index (χ3v) is 4.26. The average Bonchev–Trinajstić information content (AvgIpc) is 2.96. The lowest BCUT2D eigenvalue weighted by Gasteiger charge is -2.10. The topological polar surface area (TPSA) is 54.9 Å². The molecule has 0 saturated carbocycles. The Kier molecular flexibility index (Phi) is 3.98. The molecule has 2 aromatic carbocycles. The molecule has 6 heteroatoms. The van der Waals surface area contributed by atoms with E-state index in [1.54, 1.807) is 12.1 Å². The summed E-state index contributed by atoms with van der Waals surface area (Å²) in [6, 6.07) is 11.2. The van der Waals surface area contributed by atoms with Crippen LogP contribution in [0.4, 0.5) is 5.69 Å². The predicted octanol–water partition coefficient (Wildman–Crippen LogP) is 4.27. The number of nitrogens with zero attached hydrogens (tertiary/aromatic N) is 2. The van der Waals surface area contributed by atoms with Crippen molar-refractivity contribution in [2.45, 2.75) is 13.3 Å². The number of carbonyl (C=O) groups is 1. The molecule has 0 atom stereocenters. The number of amides is 1. The molecule has 0 radical (unpaired) electrons. The molecule has 4 nitrogen and oxygen atoms in total. The molecule has 1 amide bonds. The van der Waals surface area contributed by atoms with Crippen LogP contribution in [-0.4, -0.2) is 14.7 Å². The van der Waals surface area contributed by atoms with E-state index in [0.717, 1.165) is 44.9 Å². The predicted molar refractivity (Wildman–Crippen MR) is 88.9 cm³/mol. The number of halogens is 1. The number of anilines is 1. The summed E-state index contributed by atoms with van der Waals surface area (Å²) in [5, 5.41) is 2.96. The zero-order valence-electron chi connectivity index (χ0n) is 11.3. The summed E-state index contributed by atoms with van der Waals surface area (Å²) in [4.78, 5) is 12.4. The number of carbonyl (C=O) groups excluding carboxylic acids is 1. The molecule has 3 rings (SSSR count). The van der Waals surface area contributed by atoms with E-state index in [4.69, 9.17) is 0 Å². The molecule has 3 aromatic rings. The highest BCUT2D eigenvalue weighted by molar-refractivity contribution is 9.10. The fraction of sp³-hybridized carbons (Fsp3) is 0.133. The molecule has 106 valence electrons. The second-order valence-corrected chi connectivity index (χ2v) is 6.02. The van der Waals surface area contributed by atoms with E-state index in [0.29, 0.717) is 5.56 Å². The lowest BCUT2D eigenvalue weighted by Crippen LogP contribution is -2.13. The zero-order valence-corrected chi connectivity index (χ0v) is 13.7. The number of benzene rings is 2. The maximum Gasteiger partial charge on any atom is 0.255 e. The minimum Gasteiger partial charge on any atom is -0.322 e. The van der Waals surface area contributed by atoms with Crippen LogP contribution in [0.5, 0.6) is 0 Å². The van der Waals surface area contributed by atoms with Crippen LogP contribution in [0.1, 0.15) is 22.8 Å². The van der Waals surface area contributed by atoms with Gasteiger partial charge in [0.25, 0.3) is 5.91 Å². The molecule has 1 aromatic heterocycles. The quantitative estimate of drug-likeness (QED) is 0.757. The van der Waals surface area contributed by atoms with E-state index in [1.165, 1.54) is 0 Å². The first-order valence-corrected chi connectivity index (χ1v) is 8.02. The smallest absolute Gasteiger partial charge is 0.255 e. The Bertz CT molecular complexity index is 816. The van der Waals surface area contributed by atoms with Gasteiger partial charge in [-0.25, -0.2) is 0 Å². The molecule has 0 spiro atoms. The van der Waals surface area contributed by atoms with Gasteiger partial charge in [-0.15, -0.1) is 0 Å². The van der Waals surface area contributed by atoms with Gasteiger partial charge in [-0.3, -0.25) is 4.79 Å². The molecule has 0 aliphatic rings. The van der Waals surface area contributed by atoms with Gasteiger partial charge >= 0.3 is 0 Å². The molecule has 1 heterocycles. The van der Waals surface area contributed by atoms with Crippen LogP contribution < -0.4 is 5.32 Å². The van der Waals surface area contributed by atoms with Crippen molar-refractivity contribution < 1.29 is 4.79 Å². The average molecular weight is 362 g/mol. The van der Waals surface area contributed by atoms with Crippen molar-refractivity contribution in [3.05, 3.63) is 52.0 Å². The lowest BCUT2D eigenvalue weighted by molar-refractivity contribution is 0.102. The van der Waals surface area contributed by atoms with E-state index in [2.05, 4.69) is 36.9 Å². The second-order valence-electron chi connectivity index (χ2n) is 4.58. The number of aryl methyl sites for hydroxylation is 1. The van der Waals surface area contributed by atoms with Gasteiger partial charge in [-0.2, -0.15) is 8.75 Å². The minimum atomic E-state index is -0.137. The Labute approximate surface area is 134 Å². The van der Waals surface area contributed by atoms with Crippen molar-refractivity contribution in [2.75, 3.05) is 5.32 Å². The Morgan fingerprint density at radius 1 is 1.19 bits per heavy atom. The number of fused-ring (bicyclic) bond motifs is 1. The first-order chi connectivity index (χ1) is 10.2. The first kappa shape index (κ1) is 14.2. The molecular weight excluding hydrogens is 350 g/mol. The summed E-state index contributed by atoms with van der Waals surface area (Å²) < 4.78 is 9.30. The van der Waals surface area contributed by atoms with Crippen molar-refractivity contribution in [1.82, 2.24) is 8.75 Å². The van der Waals surface area contributed by atoms with E-state index in [9.17, 15) is 4.79 Å². The summed E-state index contributed by atoms with van der Waals surface area (Å²) in [5.74, 6) is -0.137. The van der Waals surface area contributed by atoms with Gasteiger partial charge in [0.2, 0.25) is 0 Å².